The molecule has 0 atom stereocenters. The average molecular weight is 325 g/mol. The molecule has 1 aliphatic carbocycles. The van der Waals surface area contributed by atoms with Crippen LogP contribution in [0, 0.1) is 0 Å². The van der Waals surface area contributed by atoms with Gasteiger partial charge in [0.1, 0.15) is 12.1 Å². The van der Waals surface area contributed by atoms with Crippen LogP contribution >= 0.6 is 11.8 Å². The molecule has 23 heavy (non-hydrogen) atoms. The summed E-state index contributed by atoms with van der Waals surface area (Å²) in [6.45, 7) is 0.946. The fraction of sp³-hybridized carbons (Fsp3) is 0.353. The summed E-state index contributed by atoms with van der Waals surface area (Å²) in [7, 11) is 0. The van der Waals surface area contributed by atoms with Crippen LogP contribution in [0.5, 0.6) is 0 Å². The maximum Gasteiger partial charge on any atom is 0.254 e. The molecule has 1 fully saturated rings. The molecule has 1 N–H and O–H groups in total. The van der Waals surface area contributed by atoms with Crippen molar-refractivity contribution in [1.82, 2.24) is 19.6 Å². The van der Waals surface area contributed by atoms with E-state index in [1.165, 1.54) is 19.3 Å². The van der Waals surface area contributed by atoms with Gasteiger partial charge in [0.15, 0.2) is 0 Å². The number of nitrogens with zero attached hydrogens (tertiary/aromatic N) is 4. The molecular formula is C17H19N5S. The van der Waals surface area contributed by atoms with E-state index in [9.17, 15) is 0 Å². The number of hydrogen-bond acceptors (Lipinski definition) is 5. The van der Waals surface area contributed by atoms with Gasteiger partial charge in [-0.15, -0.1) is 0 Å². The lowest BCUT2D eigenvalue weighted by molar-refractivity contribution is 0.379. The van der Waals surface area contributed by atoms with Crippen LogP contribution in [-0.2, 0) is 0 Å². The molecule has 1 saturated carbocycles. The van der Waals surface area contributed by atoms with Gasteiger partial charge in [-0.05, 0) is 19.1 Å². The zero-order valence-corrected chi connectivity index (χ0v) is 13.9. The first-order valence-electron chi connectivity index (χ1n) is 7.85. The zero-order chi connectivity index (χ0) is 15.7. The first-order valence-corrected chi connectivity index (χ1v) is 9.07. The number of hydrogen-bond donors (Lipinski definition) is 1. The van der Waals surface area contributed by atoms with Crippen LogP contribution in [0.2, 0.25) is 0 Å². The van der Waals surface area contributed by atoms with Crippen LogP contribution in [0.15, 0.2) is 42.7 Å². The molecule has 6 heteroatoms. The Kier molecular flexibility index (Phi) is 3.69. The maximum atomic E-state index is 4.61. The highest BCUT2D eigenvalue weighted by Gasteiger charge is 2.36. The predicted molar refractivity (Wildman–Crippen MR) is 94.8 cm³/mol. The minimum absolute atomic E-state index is 0.364. The molecule has 0 amide bonds. The van der Waals surface area contributed by atoms with Gasteiger partial charge < -0.3 is 5.32 Å². The van der Waals surface area contributed by atoms with E-state index in [1.54, 1.807) is 10.8 Å². The lowest BCUT2D eigenvalue weighted by Gasteiger charge is -2.40. The first kappa shape index (κ1) is 14.5. The van der Waals surface area contributed by atoms with Crippen LogP contribution in [-0.4, -0.2) is 37.1 Å². The second-order valence-electron chi connectivity index (χ2n) is 5.96. The van der Waals surface area contributed by atoms with Crippen LogP contribution in [0.4, 0.5) is 5.82 Å². The quantitative estimate of drug-likeness (QED) is 0.778. The lowest BCUT2D eigenvalue weighted by Crippen LogP contribution is -2.40. The number of fused-ring (bicyclic) bond motifs is 1. The van der Waals surface area contributed by atoms with Crippen LogP contribution in [0.1, 0.15) is 19.3 Å². The number of rotatable bonds is 5. The number of benzene rings is 1. The summed E-state index contributed by atoms with van der Waals surface area (Å²) in [5, 5.41) is 7.87. The summed E-state index contributed by atoms with van der Waals surface area (Å²) in [5.74, 6) is 1.58. The molecule has 0 saturated heterocycles. The third-order valence-corrected chi connectivity index (χ3v) is 6.03. The molecule has 5 nitrogen and oxygen atoms in total. The average Bonchev–Trinajstić information content (AvgIpc) is 3.03. The molecule has 0 aliphatic heterocycles. The fourth-order valence-electron chi connectivity index (χ4n) is 2.97. The summed E-state index contributed by atoms with van der Waals surface area (Å²) in [4.78, 5) is 8.87. The molecule has 118 valence electrons. The molecule has 0 bridgehead atoms. The third-order valence-electron chi connectivity index (χ3n) is 4.61. The van der Waals surface area contributed by atoms with E-state index in [0.29, 0.717) is 10.5 Å². The highest BCUT2D eigenvalue weighted by Crippen LogP contribution is 2.42. The van der Waals surface area contributed by atoms with Gasteiger partial charge in [-0.1, -0.05) is 36.8 Å². The minimum Gasteiger partial charge on any atom is -0.368 e. The van der Waals surface area contributed by atoms with Gasteiger partial charge in [0.25, 0.3) is 5.78 Å². The van der Waals surface area contributed by atoms with Crippen LogP contribution in [0.25, 0.3) is 17.0 Å². The monoisotopic (exact) mass is 325 g/mol. The summed E-state index contributed by atoms with van der Waals surface area (Å²) in [6, 6.07) is 12.2. The van der Waals surface area contributed by atoms with Gasteiger partial charge in [0.05, 0.1) is 5.69 Å². The molecule has 0 spiro atoms. The number of aromatic nitrogens is 4. The summed E-state index contributed by atoms with van der Waals surface area (Å²) >= 11 is 1.96. The van der Waals surface area contributed by atoms with Crippen molar-refractivity contribution in [3.8, 4) is 11.3 Å². The van der Waals surface area contributed by atoms with E-state index in [1.807, 2.05) is 30.0 Å². The zero-order valence-electron chi connectivity index (χ0n) is 13.1. The van der Waals surface area contributed by atoms with Gasteiger partial charge in [-0.25, -0.2) is 4.98 Å². The van der Waals surface area contributed by atoms with Gasteiger partial charge >= 0.3 is 0 Å². The second-order valence-corrected chi connectivity index (χ2v) is 7.23. The molecular weight excluding hydrogens is 306 g/mol. The van der Waals surface area contributed by atoms with Crippen molar-refractivity contribution in [2.45, 2.75) is 24.0 Å². The Hall–Kier alpha value is -2.08. The predicted octanol–water partition coefficient (Wildman–Crippen LogP) is 3.49. The van der Waals surface area contributed by atoms with E-state index in [2.05, 4.69) is 44.8 Å². The summed E-state index contributed by atoms with van der Waals surface area (Å²) in [5.41, 5.74) is 2.00. The van der Waals surface area contributed by atoms with Crippen molar-refractivity contribution in [2.24, 2.45) is 0 Å². The van der Waals surface area contributed by atoms with E-state index < -0.39 is 0 Å². The van der Waals surface area contributed by atoms with Crippen molar-refractivity contribution in [2.75, 3.05) is 18.1 Å². The van der Waals surface area contributed by atoms with E-state index in [0.717, 1.165) is 23.6 Å². The van der Waals surface area contributed by atoms with Crippen LogP contribution < -0.4 is 5.32 Å². The second kappa shape index (κ2) is 5.85. The molecule has 2 aromatic heterocycles. The van der Waals surface area contributed by atoms with Crippen molar-refractivity contribution in [3.05, 3.63) is 42.7 Å². The van der Waals surface area contributed by atoms with E-state index in [4.69, 9.17) is 0 Å². The number of nitrogens with one attached hydrogen (secondary N) is 1. The maximum absolute atomic E-state index is 4.61. The van der Waals surface area contributed by atoms with Gasteiger partial charge in [0, 0.05) is 22.9 Å². The number of thioether (sulfide) groups is 1. The van der Waals surface area contributed by atoms with Crippen molar-refractivity contribution >= 4 is 23.4 Å². The Morgan fingerprint density at radius 2 is 2.09 bits per heavy atom. The van der Waals surface area contributed by atoms with E-state index >= 15 is 0 Å². The Morgan fingerprint density at radius 3 is 2.78 bits per heavy atom. The van der Waals surface area contributed by atoms with Gasteiger partial charge in [-0.3, -0.25) is 0 Å². The molecule has 2 heterocycles. The number of anilines is 1. The Labute approximate surface area is 139 Å². The lowest BCUT2D eigenvalue weighted by atomic mass is 9.84. The topological polar surface area (TPSA) is 55.1 Å². The SMILES string of the molecule is CSC1(CNc2cc(-c3ccccc3)nc3ncnn23)CCC1. The van der Waals surface area contributed by atoms with Gasteiger partial charge in [0.2, 0.25) is 0 Å². The smallest absolute Gasteiger partial charge is 0.254 e. The highest BCUT2D eigenvalue weighted by atomic mass is 32.2. The third kappa shape index (κ3) is 2.67. The first-order chi connectivity index (χ1) is 11.3. The summed E-state index contributed by atoms with van der Waals surface area (Å²) < 4.78 is 2.14. The summed E-state index contributed by atoms with van der Waals surface area (Å²) in [6.07, 6.45) is 7.63. The molecule has 0 radical (unpaired) electrons. The standard InChI is InChI=1S/C17H19N5S/c1-23-17(8-5-9-17)11-18-15-10-14(13-6-3-2-4-7-13)21-16-19-12-20-22(15)16/h2-4,6-7,10,12,18H,5,8-9,11H2,1H3. The molecule has 0 unspecified atom stereocenters. The van der Waals surface area contributed by atoms with Gasteiger partial charge in [-0.2, -0.15) is 26.4 Å². The van der Waals surface area contributed by atoms with Crippen molar-refractivity contribution in [1.29, 1.82) is 0 Å². The molecule has 3 aromatic rings. The highest BCUT2D eigenvalue weighted by molar-refractivity contribution is 8.00. The normalized spacial score (nSPS) is 16.2. The van der Waals surface area contributed by atoms with Crippen molar-refractivity contribution in [3.63, 3.8) is 0 Å². The van der Waals surface area contributed by atoms with Crippen molar-refractivity contribution < 1.29 is 0 Å². The molecule has 1 aliphatic rings. The Balaban J connectivity index is 1.69. The molecule has 4 rings (SSSR count). The Bertz CT molecular complexity index is 805. The fourth-order valence-corrected chi connectivity index (χ4v) is 3.88. The Morgan fingerprint density at radius 1 is 1.26 bits per heavy atom. The largest absolute Gasteiger partial charge is 0.368 e. The van der Waals surface area contributed by atoms with E-state index in [-0.39, 0.29) is 0 Å². The molecule has 1 aromatic carbocycles. The minimum atomic E-state index is 0.364. The van der Waals surface area contributed by atoms with Crippen LogP contribution in [0.3, 0.4) is 0 Å².